The minimum Gasteiger partial charge on any atom is -0.352 e. The van der Waals surface area contributed by atoms with Gasteiger partial charge in [-0.3, -0.25) is 10.1 Å². The first-order valence-corrected chi connectivity index (χ1v) is 8.00. The first-order chi connectivity index (χ1) is 11.1. The quantitative estimate of drug-likeness (QED) is 0.857. The summed E-state index contributed by atoms with van der Waals surface area (Å²) in [6.07, 6.45) is 2.08. The predicted molar refractivity (Wildman–Crippen MR) is 88.3 cm³/mol. The first-order valence-electron chi connectivity index (χ1n) is 8.00. The molecule has 0 bridgehead atoms. The molecule has 0 aromatic heterocycles. The van der Waals surface area contributed by atoms with Gasteiger partial charge in [0.15, 0.2) is 0 Å². The monoisotopic (exact) mass is 312 g/mol. The molecule has 3 rings (SSSR count). The molecule has 120 valence electrons. The van der Waals surface area contributed by atoms with Gasteiger partial charge in [-0.2, -0.15) is 0 Å². The lowest BCUT2D eigenvalue weighted by molar-refractivity contribution is -0.123. The molecule has 0 saturated heterocycles. The Hall–Kier alpha value is -2.20. The molecule has 0 aliphatic heterocycles. The zero-order valence-electron chi connectivity index (χ0n) is 13.1. The number of carbonyl (C=O) groups is 1. The summed E-state index contributed by atoms with van der Waals surface area (Å²) in [6.45, 7) is 2.02. The summed E-state index contributed by atoms with van der Waals surface area (Å²) >= 11 is 0. The number of benzene rings is 2. The van der Waals surface area contributed by atoms with Crippen LogP contribution in [-0.2, 0) is 4.79 Å². The van der Waals surface area contributed by atoms with Crippen molar-refractivity contribution in [2.75, 3.05) is 0 Å². The highest BCUT2D eigenvalue weighted by molar-refractivity contribution is 5.83. The number of amides is 1. The molecule has 2 N–H and O–H groups in total. The molecular formula is C19H21FN2O. The highest BCUT2D eigenvalue weighted by Crippen LogP contribution is 2.24. The van der Waals surface area contributed by atoms with Crippen LogP contribution in [0.4, 0.5) is 4.39 Å². The van der Waals surface area contributed by atoms with Crippen LogP contribution in [0.1, 0.15) is 43.0 Å². The Morgan fingerprint density at radius 2 is 1.70 bits per heavy atom. The molecule has 2 aromatic carbocycles. The van der Waals surface area contributed by atoms with E-state index in [9.17, 15) is 9.18 Å². The van der Waals surface area contributed by atoms with Crippen LogP contribution in [-0.4, -0.2) is 11.9 Å². The molecule has 0 radical (unpaired) electrons. The zero-order chi connectivity index (χ0) is 16.2. The molecule has 2 aromatic rings. The number of nitrogens with one attached hydrogen (secondary N) is 2. The van der Waals surface area contributed by atoms with E-state index in [-0.39, 0.29) is 17.8 Å². The van der Waals surface area contributed by atoms with Gasteiger partial charge in [0.05, 0.1) is 0 Å². The molecule has 1 saturated carbocycles. The minimum absolute atomic E-state index is 0.0104. The molecule has 1 fully saturated rings. The van der Waals surface area contributed by atoms with Crippen molar-refractivity contribution in [3.63, 3.8) is 0 Å². The Morgan fingerprint density at radius 3 is 2.30 bits per heavy atom. The Labute approximate surface area is 135 Å². The SMILES string of the molecule is C[C@@H](N[C@@H](C(=O)NC1CC1)c1ccc(F)cc1)c1ccccc1. The smallest absolute Gasteiger partial charge is 0.241 e. The molecular weight excluding hydrogens is 291 g/mol. The summed E-state index contributed by atoms with van der Waals surface area (Å²) in [7, 11) is 0. The first kappa shape index (κ1) is 15.7. The summed E-state index contributed by atoms with van der Waals surface area (Å²) in [4.78, 5) is 12.6. The fraction of sp³-hybridized carbons (Fsp3) is 0.316. The van der Waals surface area contributed by atoms with Gasteiger partial charge in [0.25, 0.3) is 0 Å². The third-order valence-electron chi connectivity index (χ3n) is 4.11. The normalized spacial score (nSPS) is 16.6. The van der Waals surface area contributed by atoms with Crippen molar-refractivity contribution in [2.45, 2.75) is 37.9 Å². The molecule has 3 nitrogen and oxygen atoms in total. The van der Waals surface area contributed by atoms with Gasteiger partial charge < -0.3 is 5.32 Å². The second kappa shape index (κ2) is 6.92. The molecule has 0 heterocycles. The third-order valence-corrected chi connectivity index (χ3v) is 4.11. The van der Waals surface area contributed by atoms with E-state index in [2.05, 4.69) is 10.6 Å². The molecule has 1 aliphatic rings. The van der Waals surface area contributed by atoms with Gasteiger partial charge in [0.1, 0.15) is 11.9 Å². The fourth-order valence-corrected chi connectivity index (χ4v) is 2.58. The molecule has 23 heavy (non-hydrogen) atoms. The van der Waals surface area contributed by atoms with Gasteiger partial charge in [-0.1, -0.05) is 42.5 Å². The lowest BCUT2D eigenvalue weighted by Gasteiger charge is -2.23. The summed E-state index contributed by atoms with van der Waals surface area (Å²) in [5.74, 6) is -0.354. The van der Waals surface area contributed by atoms with E-state index >= 15 is 0 Å². The number of rotatable bonds is 6. The van der Waals surface area contributed by atoms with Crippen LogP contribution in [0, 0.1) is 5.82 Å². The molecule has 2 atom stereocenters. The summed E-state index contributed by atoms with van der Waals surface area (Å²) in [5, 5.41) is 6.40. The Kier molecular flexibility index (Phi) is 4.72. The van der Waals surface area contributed by atoms with E-state index in [0.717, 1.165) is 24.0 Å². The van der Waals surface area contributed by atoms with Crippen molar-refractivity contribution in [1.82, 2.24) is 10.6 Å². The number of hydrogen-bond acceptors (Lipinski definition) is 2. The Bertz CT molecular complexity index is 653. The van der Waals surface area contributed by atoms with Crippen molar-refractivity contribution < 1.29 is 9.18 Å². The van der Waals surface area contributed by atoms with E-state index in [1.807, 2.05) is 37.3 Å². The molecule has 1 aliphatic carbocycles. The fourth-order valence-electron chi connectivity index (χ4n) is 2.58. The van der Waals surface area contributed by atoms with Gasteiger partial charge in [-0.25, -0.2) is 4.39 Å². The molecule has 1 amide bonds. The van der Waals surface area contributed by atoms with Crippen LogP contribution in [0.25, 0.3) is 0 Å². The predicted octanol–water partition coefficient (Wildman–Crippen LogP) is 3.50. The van der Waals surface area contributed by atoms with Crippen molar-refractivity contribution in [1.29, 1.82) is 0 Å². The maximum atomic E-state index is 13.2. The van der Waals surface area contributed by atoms with Crippen LogP contribution < -0.4 is 10.6 Å². The van der Waals surface area contributed by atoms with E-state index in [1.165, 1.54) is 12.1 Å². The highest BCUT2D eigenvalue weighted by atomic mass is 19.1. The maximum absolute atomic E-state index is 13.2. The number of hydrogen-bond donors (Lipinski definition) is 2. The van der Waals surface area contributed by atoms with Gasteiger partial charge >= 0.3 is 0 Å². The van der Waals surface area contributed by atoms with E-state index < -0.39 is 6.04 Å². The van der Waals surface area contributed by atoms with Gasteiger partial charge in [0.2, 0.25) is 5.91 Å². The standard InChI is InChI=1S/C19H21FN2O/c1-13(14-5-3-2-4-6-14)21-18(19(23)22-17-11-12-17)15-7-9-16(20)10-8-15/h2-10,13,17-18,21H,11-12H2,1H3,(H,22,23)/t13-,18-/m1/s1. The Balaban J connectivity index is 1.79. The molecule has 0 spiro atoms. The largest absolute Gasteiger partial charge is 0.352 e. The summed E-state index contributed by atoms with van der Waals surface area (Å²) in [6, 6.07) is 15.9. The van der Waals surface area contributed by atoms with Crippen molar-refractivity contribution in [2.24, 2.45) is 0 Å². The van der Waals surface area contributed by atoms with E-state index in [1.54, 1.807) is 12.1 Å². The lowest BCUT2D eigenvalue weighted by atomic mass is 10.0. The summed E-state index contributed by atoms with van der Waals surface area (Å²) < 4.78 is 13.2. The van der Waals surface area contributed by atoms with Gasteiger partial charge in [-0.05, 0) is 43.0 Å². The van der Waals surface area contributed by atoms with E-state index in [4.69, 9.17) is 0 Å². The average Bonchev–Trinajstić information content (AvgIpc) is 3.38. The van der Waals surface area contributed by atoms with Crippen LogP contribution in [0.2, 0.25) is 0 Å². The van der Waals surface area contributed by atoms with E-state index in [0.29, 0.717) is 6.04 Å². The minimum atomic E-state index is -0.494. The number of halogens is 1. The second-order valence-corrected chi connectivity index (χ2v) is 6.07. The van der Waals surface area contributed by atoms with Crippen LogP contribution in [0.5, 0.6) is 0 Å². The average molecular weight is 312 g/mol. The van der Waals surface area contributed by atoms with Crippen molar-refractivity contribution in [3.8, 4) is 0 Å². The topological polar surface area (TPSA) is 41.1 Å². The molecule has 4 heteroatoms. The van der Waals surface area contributed by atoms with Crippen LogP contribution >= 0.6 is 0 Å². The lowest BCUT2D eigenvalue weighted by Crippen LogP contribution is -2.39. The maximum Gasteiger partial charge on any atom is 0.241 e. The van der Waals surface area contributed by atoms with Gasteiger partial charge in [-0.15, -0.1) is 0 Å². The third kappa shape index (κ3) is 4.17. The van der Waals surface area contributed by atoms with Crippen LogP contribution in [0.3, 0.4) is 0 Å². The number of carbonyl (C=O) groups excluding carboxylic acids is 1. The second-order valence-electron chi connectivity index (χ2n) is 6.07. The van der Waals surface area contributed by atoms with Crippen LogP contribution in [0.15, 0.2) is 54.6 Å². The Morgan fingerprint density at radius 1 is 1.04 bits per heavy atom. The van der Waals surface area contributed by atoms with Gasteiger partial charge in [0, 0.05) is 12.1 Å². The zero-order valence-corrected chi connectivity index (χ0v) is 13.1. The highest BCUT2D eigenvalue weighted by Gasteiger charge is 2.29. The van der Waals surface area contributed by atoms with Crippen molar-refractivity contribution >= 4 is 5.91 Å². The van der Waals surface area contributed by atoms with Crippen molar-refractivity contribution in [3.05, 3.63) is 71.5 Å². The molecule has 0 unspecified atom stereocenters. The summed E-state index contributed by atoms with van der Waals surface area (Å²) in [5.41, 5.74) is 1.88.